The van der Waals surface area contributed by atoms with Gasteiger partial charge in [0.2, 0.25) is 0 Å². The summed E-state index contributed by atoms with van der Waals surface area (Å²) in [6, 6.07) is 26.1. The van der Waals surface area contributed by atoms with E-state index in [4.69, 9.17) is 4.42 Å². The van der Waals surface area contributed by atoms with Gasteiger partial charge in [-0.2, -0.15) is 39.5 Å². The van der Waals surface area contributed by atoms with Gasteiger partial charge in [0, 0.05) is 39.5 Å². The molecule has 0 spiro atoms. The third-order valence-corrected chi connectivity index (χ3v) is 7.72. The van der Waals surface area contributed by atoms with Gasteiger partial charge in [-0.05, 0) is 23.3 Å². The number of fused-ring (bicyclic) bond motifs is 4. The molecule has 0 N–H and O–H groups in total. The van der Waals surface area contributed by atoms with Crippen LogP contribution in [0.3, 0.4) is 0 Å². The van der Waals surface area contributed by atoms with E-state index in [0.29, 0.717) is 16.7 Å². The SMILES string of the molecule is FC(F)(F)C(F)(F)C(F)(F)C(F)(F)SOc1ccnc2c(-c3ccc(-c4cccc5c4oc4ccccc45)cc3)cccc12. The van der Waals surface area contributed by atoms with Crippen molar-refractivity contribution in [3.63, 3.8) is 0 Å². The highest BCUT2D eigenvalue weighted by atomic mass is 32.2. The highest BCUT2D eigenvalue weighted by molar-refractivity contribution is 7.96. The lowest BCUT2D eigenvalue weighted by Crippen LogP contribution is -2.59. The highest BCUT2D eigenvalue weighted by Gasteiger charge is 2.82. The summed E-state index contributed by atoms with van der Waals surface area (Å²) in [4.78, 5) is 4.22. The van der Waals surface area contributed by atoms with Crippen molar-refractivity contribution in [2.24, 2.45) is 0 Å². The minimum Gasteiger partial charge on any atom is -0.455 e. The maximum atomic E-state index is 14.1. The molecule has 13 heteroatoms. The van der Waals surface area contributed by atoms with Gasteiger partial charge in [-0.3, -0.25) is 4.98 Å². The van der Waals surface area contributed by atoms with Gasteiger partial charge >= 0.3 is 23.3 Å². The van der Waals surface area contributed by atoms with Gasteiger partial charge in [0.1, 0.15) is 29.0 Å². The number of nitrogens with zero attached hydrogens (tertiary/aromatic N) is 1. The van der Waals surface area contributed by atoms with Gasteiger partial charge in [-0.1, -0.05) is 72.8 Å². The number of rotatable bonds is 7. The summed E-state index contributed by atoms with van der Waals surface area (Å²) < 4.78 is 130. The fraction of sp³-hybridized carbons (Fsp3) is 0.129. The minimum absolute atomic E-state index is 0.0234. The van der Waals surface area contributed by atoms with Crippen molar-refractivity contribution in [3.8, 4) is 28.0 Å². The predicted octanol–water partition coefficient (Wildman–Crippen LogP) is 10.9. The van der Waals surface area contributed by atoms with Crippen LogP contribution in [-0.2, 0) is 0 Å². The van der Waals surface area contributed by atoms with E-state index in [1.165, 1.54) is 12.1 Å². The molecule has 0 fully saturated rings. The molecule has 0 atom stereocenters. The fourth-order valence-corrected chi connectivity index (χ4v) is 5.34. The Morgan fingerprint density at radius 2 is 1.18 bits per heavy atom. The van der Waals surface area contributed by atoms with E-state index < -0.39 is 41.1 Å². The number of benzene rings is 4. The second-order valence-corrected chi connectivity index (χ2v) is 10.5. The molecule has 44 heavy (non-hydrogen) atoms. The molecule has 6 aromatic rings. The smallest absolute Gasteiger partial charge is 0.455 e. The standard InChI is InChI=1S/C31H16F9NO2S/c32-28(33,30(36,37)38)29(34,35)31(39,40)44-43-25-15-16-41-26-19(6-3-9-23(25)26)17-11-13-18(14-12-17)20-7-4-8-22-21-5-1-2-10-24(21)42-27(20)22/h1-16H. The van der Waals surface area contributed by atoms with Crippen molar-refractivity contribution in [2.75, 3.05) is 0 Å². The topological polar surface area (TPSA) is 35.3 Å². The van der Waals surface area contributed by atoms with Crippen molar-refractivity contribution in [3.05, 3.63) is 97.2 Å². The molecule has 4 aromatic carbocycles. The molecular weight excluding hydrogens is 621 g/mol. The molecule has 0 bridgehead atoms. The van der Waals surface area contributed by atoms with Crippen LogP contribution in [0.4, 0.5) is 39.5 Å². The predicted molar refractivity (Wildman–Crippen MR) is 149 cm³/mol. The van der Waals surface area contributed by atoms with E-state index in [-0.39, 0.29) is 10.9 Å². The van der Waals surface area contributed by atoms with Crippen molar-refractivity contribution in [2.45, 2.75) is 23.3 Å². The van der Waals surface area contributed by atoms with Gasteiger partial charge in [0.15, 0.2) is 0 Å². The van der Waals surface area contributed by atoms with Gasteiger partial charge in [0.25, 0.3) is 0 Å². The zero-order valence-corrected chi connectivity index (χ0v) is 22.6. The van der Waals surface area contributed by atoms with Crippen LogP contribution in [0, 0.1) is 0 Å². The zero-order chi connectivity index (χ0) is 31.5. The summed E-state index contributed by atoms with van der Waals surface area (Å²) in [6.07, 6.45) is -5.83. The van der Waals surface area contributed by atoms with Crippen LogP contribution in [0.25, 0.3) is 55.1 Å². The molecule has 0 aliphatic rings. The lowest BCUT2D eigenvalue weighted by Gasteiger charge is -2.32. The Bertz CT molecular complexity index is 2000. The van der Waals surface area contributed by atoms with Crippen molar-refractivity contribution < 1.29 is 48.1 Å². The first kappa shape index (κ1) is 29.7. The maximum absolute atomic E-state index is 14.1. The van der Waals surface area contributed by atoms with Crippen molar-refractivity contribution in [1.82, 2.24) is 4.98 Å². The van der Waals surface area contributed by atoms with Crippen molar-refractivity contribution >= 4 is 44.9 Å². The molecular formula is C31H16F9NO2S. The first-order valence-electron chi connectivity index (χ1n) is 12.7. The largest absolute Gasteiger partial charge is 0.460 e. The quantitative estimate of drug-likeness (QED) is 0.129. The number of alkyl halides is 9. The van der Waals surface area contributed by atoms with E-state index >= 15 is 0 Å². The summed E-state index contributed by atoms with van der Waals surface area (Å²) in [5, 5.41) is -4.03. The number of halogens is 9. The Morgan fingerprint density at radius 3 is 1.86 bits per heavy atom. The average Bonchev–Trinajstić information content (AvgIpc) is 3.38. The van der Waals surface area contributed by atoms with Crippen LogP contribution in [0.1, 0.15) is 0 Å². The molecule has 0 saturated heterocycles. The Balaban J connectivity index is 1.31. The molecule has 0 saturated carbocycles. The molecule has 6 rings (SSSR count). The van der Waals surface area contributed by atoms with Gasteiger partial charge in [0.05, 0.1) is 5.52 Å². The first-order valence-corrected chi connectivity index (χ1v) is 13.4. The summed E-state index contributed by atoms with van der Waals surface area (Å²) in [5.41, 5.74) is 4.37. The van der Waals surface area contributed by atoms with Crippen LogP contribution in [0.15, 0.2) is 102 Å². The molecule has 0 radical (unpaired) electrons. The maximum Gasteiger partial charge on any atom is 0.460 e. The average molecular weight is 638 g/mol. The first-order chi connectivity index (χ1) is 20.7. The Morgan fingerprint density at radius 1 is 0.591 bits per heavy atom. The monoisotopic (exact) mass is 637 g/mol. The summed E-state index contributed by atoms with van der Waals surface area (Å²) >= 11 is -1.50. The van der Waals surface area contributed by atoms with E-state index in [2.05, 4.69) is 9.17 Å². The van der Waals surface area contributed by atoms with Crippen LogP contribution in [0.5, 0.6) is 5.75 Å². The van der Waals surface area contributed by atoms with E-state index in [0.717, 1.165) is 39.7 Å². The number of pyridine rings is 1. The molecule has 2 aromatic heterocycles. The highest BCUT2D eigenvalue weighted by Crippen LogP contribution is 2.57. The fourth-order valence-electron chi connectivity index (χ4n) is 4.77. The molecule has 0 aliphatic heterocycles. The number of hydrogen-bond acceptors (Lipinski definition) is 4. The lowest BCUT2D eigenvalue weighted by atomic mass is 9.97. The number of furan rings is 1. The van der Waals surface area contributed by atoms with Gasteiger partial charge in [-0.25, -0.2) is 0 Å². The number of hydrogen-bond donors (Lipinski definition) is 0. The molecule has 3 nitrogen and oxygen atoms in total. The molecule has 226 valence electrons. The minimum atomic E-state index is -7.02. The van der Waals surface area contributed by atoms with E-state index in [9.17, 15) is 39.5 Å². The van der Waals surface area contributed by atoms with Gasteiger partial charge in [-0.15, -0.1) is 0 Å². The Hall–Kier alpha value is -4.39. The second-order valence-electron chi connectivity index (χ2n) is 9.70. The molecule has 0 unspecified atom stereocenters. The summed E-state index contributed by atoms with van der Waals surface area (Å²) in [6.45, 7) is 0. The molecule has 2 heterocycles. The van der Waals surface area contributed by atoms with E-state index in [1.54, 1.807) is 18.2 Å². The Labute approximate surface area is 246 Å². The van der Waals surface area contributed by atoms with Gasteiger partial charge < -0.3 is 8.60 Å². The third-order valence-electron chi connectivity index (χ3n) is 6.99. The number of aromatic nitrogens is 1. The summed E-state index contributed by atoms with van der Waals surface area (Å²) in [5.74, 6) is -14.3. The van der Waals surface area contributed by atoms with Crippen LogP contribution >= 0.6 is 12.0 Å². The van der Waals surface area contributed by atoms with Crippen LogP contribution in [0.2, 0.25) is 0 Å². The third kappa shape index (κ3) is 4.70. The lowest BCUT2D eigenvalue weighted by molar-refractivity contribution is -0.381. The number of para-hydroxylation sites is 3. The van der Waals surface area contributed by atoms with Crippen molar-refractivity contribution in [1.29, 1.82) is 0 Å². The second kappa shape index (κ2) is 10.4. The summed E-state index contributed by atoms with van der Waals surface area (Å²) in [7, 11) is 0. The molecule has 0 amide bonds. The van der Waals surface area contributed by atoms with Crippen LogP contribution in [-0.4, -0.2) is 28.3 Å². The Kier molecular flexibility index (Phi) is 6.99. The zero-order valence-electron chi connectivity index (χ0n) is 21.8. The van der Waals surface area contributed by atoms with Crippen LogP contribution < -0.4 is 4.18 Å². The normalized spacial score (nSPS) is 13.2. The van der Waals surface area contributed by atoms with E-state index in [1.807, 2.05) is 54.6 Å². The molecule has 0 aliphatic carbocycles.